The van der Waals surface area contributed by atoms with Crippen molar-refractivity contribution < 1.29 is 9.84 Å². The molecule has 21 heavy (non-hydrogen) atoms. The fraction of sp³-hybridized carbons (Fsp3) is 0.438. The Morgan fingerprint density at radius 1 is 1.33 bits per heavy atom. The number of fused-ring (bicyclic) bond motifs is 1. The van der Waals surface area contributed by atoms with Crippen LogP contribution in [0.1, 0.15) is 12.5 Å². The van der Waals surface area contributed by atoms with Crippen molar-refractivity contribution in [3.8, 4) is 5.75 Å². The fourth-order valence-corrected chi connectivity index (χ4v) is 2.30. The van der Waals surface area contributed by atoms with Gasteiger partial charge in [-0.25, -0.2) is 4.98 Å². The topological polar surface area (TPSA) is 57.6 Å². The summed E-state index contributed by atoms with van der Waals surface area (Å²) in [5, 5.41) is 13.4. The number of methoxy groups -OCH3 is 1. The first-order valence-corrected chi connectivity index (χ1v) is 7.19. The minimum atomic E-state index is 0.158. The molecule has 0 spiro atoms. The summed E-state index contributed by atoms with van der Waals surface area (Å²) in [4.78, 5) is 6.78. The van der Waals surface area contributed by atoms with Crippen LogP contribution >= 0.6 is 0 Å². The second-order valence-corrected chi connectivity index (χ2v) is 5.05. The largest absolute Gasteiger partial charge is 0.497 e. The lowest BCUT2D eigenvalue weighted by Gasteiger charge is -2.18. The Labute approximate surface area is 125 Å². The number of nitrogens with one attached hydrogen (secondary N) is 1. The van der Waals surface area contributed by atoms with Crippen LogP contribution in [-0.4, -0.2) is 48.8 Å². The SMILES string of the molecule is CCNc1nc2cc(OC)ccc2cc1CN(C)CCO. The van der Waals surface area contributed by atoms with E-state index in [9.17, 15) is 0 Å². The average Bonchev–Trinajstić information content (AvgIpc) is 2.48. The first-order valence-electron chi connectivity index (χ1n) is 7.19. The maximum atomic E-state index is 9.03. The molecule has 0 radical (unpaired) electrons. The smallest absolute Gasteiger partial charge is 0.131 e. The second-order valence-electron chi connectivity index (χ2n) is 5.05. The molecule has 1 aromatic carbocycles. The van der Waals surface area contributed by atoms with E-state index in [1.807, 2.05) is 25.2 Å². The number of anilines is 1. The Morgan fingerprint density at radius 2 is 2.14 bits per heavy atom. The van der Waals surface area contributed by atoms with E-state index in [-0.39, 0.29) is 6.61 Å². The Morgan fingerprint density at radius 3 is 2.81 bits per heavy atom. The van der Waals surface area contributed by atoms with E-state index >= 15 is 0 Å². The maximum Gasteiger partial charge on any atom is 0.131 e. The van der Waals surface area contributed by atoms with Gasteiger partial charge in [0.2, 0.25) is 0 Å². The Hall–Kier alpha value is -1.85. The van der Waals surface area contributed by atoms with Crippen LogP contribution in [0.15, 0.2) is 24.3 Å². The summed E-state index contributed by atoms with van der Waals surface area (Å²) in [7, 11) is 3.65. The molecule has 0 aliphatic carbocycles. The summed E-state index contributed by atoms with van der Waals surface area (Å²) in [5.74, 6) is 1.70. The molecule has 0 amide bonds. The van der Waals surface area contributed by atoms with Gasteiger partial charge in [-0.15, -0.1) is 0 Å². The molecule has 1 aromatic heterocycles. The van der Waals surface area contributed by atoms with Crippen molar-refractivity contribution in [3.63, 3.8) is 0 Å². The van der Waals surface area contributed by atoms with Crippen molar-refractivity contribution in [1.29, 1.82) is 0 Å². The number of ether oxygens (including phenoxy) is 1. The molecule has 114 valence electrons. The third kappa shape index (κ3) is 3.83. The molecule has 5 heteroatoms. The molecule has 0 unspecified atom stereocenters. The van der Waals surface area contributed by atoms with Crippen molar-refractivity contribution in [1.82, 2.24) is 9.88 Å². The minimum Gasteiger partial charge on any atom is -0.497 e. The molecule has 2 N–H and O–H groups in total. The number of likely N-dealkylation sites (N-methyl/N-ethyl adjacent to an activating group) is 1. The van der Waals surface area contributed by atoms with Gasteiger partial charge < -0.3 is 15.2 Å². The molecule has 2 rings (SSSR count). The van der Waals surface area contributed by atoms with E-state index in [0.29, 0.717) is 6.54 Å². The van der Waals surface area contributed by atoms with Gasteiger partial charge in [-0.05, 0) is 32.2 Å². The second kappa shape index (κ2) is 7.24. The lowest BCUT2D eigenvalue weighted by atomic mass is 10.1. The summed E-state index contributed by atoms with van der Waals surface area (Å²) >= 11 is 0. The Balaban J connectivity index is 2.40. The summed E-state index contributed by atoms with van der Waals surface area (Å²) in [5.41, 5.74) is 2.05. The number of hydrogen-bond donors (Lipinski definition) is 2. The molecular weight excluding hydrogens is 266 g/mol. The first kappa shape index (κ1) is 15.5. The molecule has 0 aliphatic rings. The number of aromatic nitrogens is 1. The number of aliphatic hydroxyl groups excluding tert-OH is 1. The maximum absolute atomic E-state index is 9.03. The minimum absolute atomic E-state index is 0.158. The van der Waals surface area contributed by atoms with E-state index in [0.717, 1.165) is 41.1 Å². The molecule has 0 saturated heterocycles. The van der Waals surface area contributed by atoms with E-state index in [4.69, 9.17) is 14.8 Å². The first-order chi connectivity index (χ1) is 10.2. The average molecular weight is 289 g/mol. The van der Waals surface area contributed by atoms with Crippen LogP contribution in [0.5, 0.6) is 5.75 Å². The zero-order valence-electron chi connectivity index (χ0n) is 12.9. The number of rotatable bonds is 7. The van der Waals surface area contributed by atoms with Gasteiger partial charge in [0.15, 0.2) is 0 Å². The van der Waals surface area contributed by atoms with Crippen molar-refractivity contribution in [3.05, 3.63) is 29.8 Å². The zero-order valence-corrected chi connectivity index (χ0v) is 12.9. The number of benzene rings is 1. The molecule has 0 fully saturated rings. The molecule has 1 heterocycles. The van der Waals surface area contributed by atoms with Crippen LogP contribution in [0, 0.1) is 0 Å². The van der Waals surface area contributed by atoms with Crippen LogP contribution in [0.3, 0.4) is 0 Å². The quantitative estimate of drug-likeness (QED) is 0.817. The molecule has 0 saturated carbocycles. The van der Waals surface area contributed by atoms with Crippen LogP contribution in [-0.2, 0) is 6.54 Å². The van der Waals surface area contributed by atoms with Crippen molar-refractivity contribution in [2.75, 3.05) is 39.2 Å². The highest BCUT2D eigenvalue weighted by Crippen LogP contribution is 2.25. The van der Waals surface area contributed by atoms with Crippen molar-refractivity contribution in [2.45, 2.75) is 13.5 Å². The number of nitrogens with zero attached hydrogens (tertiary/aromatic N) is 2. The van der Waals surface area contributed by atoms with Gasteiger partial charge in [0.25, 0.3) is 0 Å². The van der Waals surface area contributed by atoms with Crippen LogP contribution in [0.2, 0.25) is 0 Å². The monoisotopic (exact) mass is 289 g/mol. The lowest BCUT2D eigenvalue weighted by molar-refractivity contribution is 0.217. The fourth-order valence-electron chi connectivity index (χ4n) is 2.30. The third-order valence-electron chi connectivity index (χ3n) is 3.37. The van der Waals surface area contributed by atoms with Crippen LogP contribution < -0.4 is 10.1 Å². The molecule has 0 bridgehead atoms. The van der Waals surface area contributed by atoms with Crippen molar-refractivity contribution in [2.24, 2.45) is 0 Å². The van der Waals surface area contributed by atoms with Gasteiger partial charge in [0.05, 0.1) is 19.2 Å². The standard InChI is InChI=1S/C16H23N3O2/c1-4-17-16-13(11-19(2)7-8-20)9-12-5-6-14(21-3)10-15(12)18-16/h5-6,9-10,20H,4,7-8,11H2,1-3H3,(H,17,18). The highest BCUT2D eigenvalue weighted by Gasteiger charge is 2.09. The van der Waals surface area contributed by atoms with Gasteiger partial charge in [0, 0.05) is 36.7 Å². The lowest BCUT2D eigenvalue weighted by Crippen LogP contribution is -2.22. The van der Waals surface area contributed by atoms with Crippen LogP contribution in [0.4, 0.5) is 5.82 Å². The predicted molar refractivity (Wildman–Crippen MR) is 85.9 cm³/mol. The predicted octanol–water partition coefficient (Wildman–Crippen LogP) is 2.10. The summed E-state index contributed by atoms with van der Waals surface area (Å²) in [6.07, 6.45) is 0. The number of aliphatic hydroxyl groups is 1. The summed E-state index contributed by atoms with van der Waals surface area (Å²) in [6, 6.07) is 8.05. The Kier molecular flexibility index (Phi) is 5.36. The molecular formula is C16H23N3O2. The molecule has 2 aromatic rings. The van der Waals surface area contributed by atoms with E-state index in [2.05, 4.69) is 23.2 Å². The van der Waals surface area contributed by atoms with E-state index < -0.39 is 0 Å². The highest BCUT2D eigenvalue weighted by molar-refractivity contribution is 5.83. The zero-order chi connectivity index (χ0) is 15.2. The molecule has 5 nitrogen and oxygen atoms in total. The van der Waals surface area contributed by atoms with Gasteiger partial charge in [0.1, 0.15) is 11.6 Å². The highest BCUT2D eigenvalue weighted by atomic mass is 16.5. The number of pyridine rings is 1. The van der Waals surface area contributed by atoms with Gasteiger partial charge >= 0.3 is 0 Å². The van der Waals surface area contributed by atoms with Gasteiger partial charge in [-0.1, -0.05) is 0 Å². The summed E-state index contributed by atoms with van der Waals surface area (Å²) in [6.45, 7) is 4.42. The summed E-state index contributed by atoms with van der Waals surface area (Å²) < 4.78 is 5.25. The van der Waals surface area contributed by atoms with Crippen molar-refractivity contribution >= 4 is 16.7 Å². The van der Waals surface area contributed by atoms with Crippen LogP contribution in [0.25, 0.3) is 10.9 Å². The van der Waals surface area contributed by atoms with E-state index in [1.54, 1.807) is 7.11 Å². The Bertz CT molecular complexity index is 601. The van der Waals surface area contributed by atoms with E-state index in [1.165, 1.54) is 0 Å². The van der Waals surface area contributed by atoms with Gasteiger partial charge in [-0.2, -0.15) is 0 Å². The number of hydrogen-bond acceptors (Lipinski definition) is 5. The normalized spacial score (nSPS) is 11.1. The van der Waals surface area contributed by atoms with Gasteiger partial charge in [-0.3, -0.25) is 4.90 Å². The molecule has 0 aliphatic heterocycles. The molecule has 0 atom stereocenters. The third-order valence-corrected chi connectivity index (χ3v) is 3.37.